The summed E-state index contributed by atoms with van der Waals surface area (Å²) in [7, 11) is 1.81. The highest BCUT2D eigenvalue weighted by molar-refractivity contribution is 5.99. The molecular weight excluding hydrogens is 416 g/mol. The molecule has 0 spiro atoms. The van der Waals surface area contributed by atoms with Crippen LogP contribution in [-0.2, 0) is 13.6 Å². The summed E-state index contributed by atoms with van der Waals surface area (Å²) < 4.78 is 31.4. The molecule has 8 nitrogen and oxygen atoms in total. The lowest BCUT2D eigenvalue weighted by molar-refractivity contribution is 0.0952. The molecule has 164 valence electrons. The van der Waals surface area contributed by atoms with Gasteiger partial charge in [0.2, 0.25) is 0 Å². The molecular formula is C22H21F2N7O. The van der Waals surface area contributed by atoms with Gasteiger partial charge in [0.1, 0.15) is 23.0 Å². The van der Waals surface area contributed by atoms with Gasteiger partial charge < -0.3 is 10.2 Å². The molecule has 1 aliphatic heterocycles. The molecule has 4 aromatic rings. The normalized spacial score (nSPS) is 16.1. The molecule has 1 unspecified atom stereocenters. The standard InChI is InChI=1S/C22H21F2N7O/c1-29-13-14(11-26-29)10-25-22(32)17-12-27-31-8-6-20(28-21(17)31)30-7-2-3-19(30)16-9-15(23)4-5-18(16)24/h4-6,8-9,11-13,19H,2-3,7,10H2,1H3,(H,25,32). The number of rotatable bonds is 5. The fourth-order valence-corrected chi connectivity index (χ4v) is 4.15. The van der Waals surface area contributed by atoms with E-state index in [4.69, 9.17) is 0 Å². The minimum atomic E-state index is -0.472. The quantitative estimate of drug-likeness (QED) is 0.519. The van der Waals surface area contributed by atoms with Gasteiger partial charge in [-0.15, -0.1) is 0 Å². The Labute approximate surface area is 182 Å². The van der Waals surface area contributed by atoms with Crippen LogP contribution >= 0.6 is 0 Å². The second kappa shape index (κ2) is 8.03. The van der Waals surface area contributed by atoms with E-state index in [-0.39, 0.29) is 11.9 Å². The predicted octanol–water partition coefficient (Wildman–Crippen LogP) is 3.01. The molecule has 1 aromatic carbocycles. The zero-order chi connectivity index (χ0) is 22.2. The summed E-state index contributed by atoms with van der Waals surface area (Å²) in [5.41, 5.74) is 1.93. The van der Waals surface area contributed by atoms with Gasteiger partial charge in [0.25, 0.3) is 5.91 Å². The van der Waals surface area contributed by atoms with Crippen molar-refractivity contribution < 1.29 is 13.6 Å². The average Bonchev–Trinajstić information content (AvgIpc) is 3.52. The monoisotopic (exact) mass is 437 g/mol. The maximum absolute atomic E-state index is 14.4. The van der Waals surface area contributed by atoms with Gasteiger partial charge in [0.05, 0.1) is 18.4 Å². The van der Waals surface area contributed by atoms with Crippen LogP contribution < -0.4 is 10.2 Å². The smallest absolute Gasteiger partial charge is 0.257 e. The van der Waals surface area contributed by atoms with Gasteiger partial charge in [0.15, 0.2) is 5.65 Å². The van der Waals surface area contributed by atoms with Gasteiger partial charge in [0, 0.05) is 43.7 Å². The molecule has 0 bridgehead atoms. The number of halogens is 2. The second-order valence-electron chi connectivity index (χ2n) is 7.83. The van der Waals surface area contributed by atoms with E-state index in [1.165, 1.54) is 16.8 Å². The van der Waals surface area contributed by atoms with E-state index in [0.29, 0.717) is 42.1 Å². The largest absolute Gasteiger partial charge is 0.349 e. The first-order valence-electron chi connectivity index (χ1n) is 10.3. The van der Waals surface area contributed by atoms with Crippen molar-refractivity contribution in [3.63, 3.8) is 0 Å². The lowest BCUT2D eigenvalue weighted by atomic mass is 10.0. The summed E-state index contributed by atoms with van der Waals surface area (Å²) in [6, 6.07) is 4.95. The van der Waals surface area contributed by atoms with Crippen LogP contribution in [-0.4, -0.2) is 36.8 Å². The molecule has 3 aromatic heterocycles. The zero-order valence-electron chi connectivity index (χ0n) is 17.4. The molecule has 4 heterocycles. The zero-order valence-corrected chi connectivity index (χ0v) is 17.4. The van der Waals surface area contributed by atoms with E-state index < -0.39 is 11.6 Å². The fraction of sp³-hybridized carbons (Fsp3) is 0.273. The molecule has 1 fully saturated rings. The van der Waals surface area contributed by atoms with Gasteiger partial charge in [-0.2, -0.15) is 10.2 Å². The van der Waals surface area contributed by atoms with Crippen molar-refractivity contribution in [1.29, 1.82) is 0 Å². The number of aryl methyl sites for hydroxylation is 1. The average molecular weight is 437 g/mol. The number of hydrogen-bond donors (Lipinski definition) is 1. The Bertz CT molecular complexity index is 1300. The number of aromatic nitrogens is 5. The first kappa shape index (κ1) is 20.1. The number of fused-ring (bicyclic) bond motifs is 1. The molecule has 32 heavy (non-hydrogen) atoms. The number of nitrogens with zero attached hydrogens (tertiary/aromatic N) is 6. The summed E-state index contributed by atoms with van der Waals surface area (Å²) in [5, 5.41) is 11.2. The number of hydrogen-bond acceptors (Lipinski definition) is 5. The Morgan fingerprint density at radius 3 is 2.91 bits per heavy atom. The van der Waals surface area contributed by atoms with Crippen molar-refractivity contribution in [1.82, 2.24) is 29.7 Å². The molecule has 1 N–H and O–H groups in total. The van der Waals surface area contributed by atoms with Crippen LogP contribution in [0.5, 0.6) is 0 Å². The molecule has 1 aliphatic rings. The van der Waals surface area contributed by atoms with E-state index >= 15 is 0 Å². The van der Waals surface area contributed by atoms with Crippen molar-refractivity contribution in [2.75, 3.05) is 11.4 Å². The summed E-state index contributed by atoms with van der Waals surface area (Å²) in [5.74, 6) is -0.627. The van der Waals surface area contributed by atoms with Crippen molar-refractivity contribution in [2.45, 2.75) is 25.4 Å². The number of nitrogens with one attached hydrogen (secondary N) is 1. The van der Waals surface area contributed by atoms with Crippen LogP contribution in [0.4, 0.5) is 14.6 Å². The summed E-state index contributed by atoms with van der Waals surface area (Å²) >= 11 is 0. The molecule has 0 saturated carbocycles. The van der Waals surface area contributed by atoms with Gasteiger partial charge in [-0.1, -0.05) is 0 Å². The number of benzene rings is 1. The Kier molecular flexibility index (Phi) is 5.04. The number of carbonyl (C=O) groups excluding carboxylic acids is 1. The summed E-state index contributed by atoms with van der Waals surface area (Å²) in [4.78, 5) is 19.4. The molecule has 5 rings (SSSR count). The van der Waals surface area contributed by atoms with Gasteiger partial charge in [-0.05, 0) is 37.1 Å². The Hall–Kier alpha value is -3.82. The first-order chi connectivity index (χ1) is 15.5. The number of anilines is 1. The van der Waals surface area contributed by atoms with E-state index in [0.717, 1.165) is 24.1 Å². The Morgan fingerprint density at radius 1 is 1.22 bits per heavy atom. The molecule has 10 heteroatoms. The van der Waals surface area contributed by atoms with Crippen LogP contribution in [0.25, 0.3) is 5.65 Å². The molecule has 1 saturated heterocycles. The third kappa shape index (κ3) is 3.68. The predicted molar refractivity (Wildman–Crippen MR) is 113 cm³/mol. The lowest BCUT2D eigenvalue weighted by Crippen LogP contribution is -2.25. The van der Waals surface area contributed by atoms with Crippen molar-refractivity contribution >= 4 is 17.4 Å². The highest BCUT2D eigenvalue weighted by Crippen LogP contribution is 2.36. The van der Waals surface area contributed by atoms with Crippen molar-refractivity contribution in [2.24, 2.45) is 7.05 Å². The van der Waals surface area contributed by atoms with Crippen LogP contribution in [0.2, 0.25) is 0 Å². The van der Waals surface area contributed by atoms with Crippen LogP contribution in [0.3, 0.4) is 0 Å². The summed E-state index contributed by atoms with van der Waals surface area (Å²) in [6.45, 7) is 0.983. The van der Waals surface area contributed by atoms with E-state index in [2.05, 4.69) is 20.5 Å². The maximum atomic E-state index is 14.4. The number of carbonyl (C=O) groups is 1. The van der Waals surface area contributed by atoms with E-state index in [1.807, 2.05) is 18.1 Å². The highest BCUT2D eigenvalue weighted by Gasteiger charge is 2.30. The van der Waals surface area contributed by atoms with Gasteiger partial charge >= 0.3 is 0 Å². The molecule has 1 atom stereocenters. The SMILES string of the molecule is Cn1cc(CNC(=O)c2cnn3ccc(N4CCCC4c4cc(F)ccc4F)nc23)cn1. The Morgan fingerprint density at radius 2 is 2.09 bits per heavy atom. The molecule has 0 aliphatic carbocycles. The van der Waals surface area contributed by atoms with Crippen LogP contribution in [0, 0.1) is 11.6 Å². The second-order valence-corrected chi connectivity index (χ2v) is 7.83. The topological polar surface area (TPSA) is 80.4 Å². The van der Waals surface area contributed by atoms with Crippen LogP contribution in [0.1, 0.15) is 40.4 Å². The highest BCUT2D eigenvalue weighted by atomic mass is 19.1. The molecule has 1 amide bonds. The van der Waals surface area contributed by atoms with Gasteiger partial charge in [-0.25, -0.2) is 18.3 Å². The van der Waals surface area contributed by atoms with Gasteiger partial charge in [-0.3, -0.25) is 9.48 Å². The van der Waals surface area contributed by atoms with Crippen LogP contribution in [0.15, 0.2) is 49.1 Å². The third-order valence-corrected chi connectivity index (χ3v) is 5.67. The van der Waals surface area contributed by atoms with Crippen molar-refractivity contribution in [3.05, 3.63) is 77.4 Å². The van der Waals surface area contributed by atoms with E-state index in [9.17, 15) is 13.6 Å². The fourth-order valence-electron chi connectivity index (χ4n) is 4.15. The number of amides is 1. The van der Waals surface area contributed by atoms with Crippen molar-refractivity contribution in [3.8, 4) is 0 Å². The Balaban J connectivity index is 1.42. The lowest BCUT2D eigenvalue weighted by Gasteiger charge is -2.26. The third-order valence-electron chi connectivity index (χ3n) is 5.67. The first-order valence-corrected chi connectivity index (χ1v) is 10.3. The minimum absolute atomic E-state index is 0.303. The molecule has 0 radical (unpaired) electrons. The summed E-state index contributed by atoms with van der Waals surface area (Å²) in [6.07, 6.45) is 8.21. The maximum Gasteiger partial charge on any atom is 0.257 e. The minimum Gasteiger partial charge on any atom is -0.349 e. The van der Waals surface area contributed by atoms with E-state index in [1.54, 1.807) is 23.1 Å².